The normalized spacial score (nSPS) is 18.5. The molecule has 1 saturated carbocycles. The summed E-state index contributed by atoms with van der Waals surface area (Å²) in [6.45, 7) is 4.16. The number of aryl methyl sites for hydroxylation is 1. The molecule has 120 valence electrons. The summed E-state index contributed by atoms with van der Waals surface area (Å²) in [7, 11) is -1.49. The number of nitrogens with one attached hydrogen (secondary N) is 1. The zero-order chi connectivity index (χ0) is 15.5. The van der Waals surface area contributed by atoms with Crippen molar-refractivity contribution in [1.82, 2.24) is 19.5 Å². The van der Waals surface area contributed by atoms with Gasteiger partial charge in [0.25, 0.3) is 0 Å². The summed E-state index contributed by atoms with van der Waals surface area (Å²) in [5.74, 6) is 1.60. The minimum atomic E-state index is -3.28. The Labute approximate surface area is 127 Å². The Kier molecular flexibility index (Phi) is 5.37. The molecule has 1 aliphatic rings. The monoisotopic (exact) mass is 314 g/mol. The standard InChI is InChI=1S/C14H26N4O2S/c1-11(2)8-13(14-15-10-16-18(14)3)17-21(19,20)9-12-6-4-5-7-12/h10-13,17H,4-9H2,1-3H3. The minimum absolute atomic E-state index is 0.236. The number of nitrogens with zero attached hydrogens (tertiary/aromatic N) is 3. The third-order valence-electron chi connectivity index (χ3n) is 4.02. The summed E-state index contributed by atoms with van der Waals surface area (Å²) in [6, 6.07) is -0.302. The van der Waals surface area contributed by atoms with Crippen LogP contribution in [0.2, 0.25) is 0 Å². The highest BCUT2D eigenvalue weighted by Gasteiger charge is 2.27. The van der Waals surface area contributed by atoms with E-state index >= 15 is 0 Å². The fourth-order valence-electron chi connectivity index (χ4n) is 3.05. The summed E-state index contributed by atoms with van der Waals surface area (Å²) in [5, 5.41) is 4.05. The van der Waals surface area contributed by atoms with Gasteiger partial charge in [0, 0.05) is 7.05 Å². The first-order chi connectivity index (χ1) is 9.87. The molecule has 1 heterocycles. The molecule has 1 aromatic rings. The van der Waals surface area contributed by atoms with Crippen molar-refractivity contribution in [2.75, 3.05) is 5.75 Å². The van der Waals surface area contributed by atoms with Gasteiger partial charge >= 0.3 is 0 Å². The van der Waals surface area contributed by atoms with Gasteiger partial charge in [-0.05, 0) is 31.1 Å². The van der Waals surface area contributed by atoms with Crippen LogP contribution in [0.25, 0.3) is 0 Å². The summed E-state index contributed by atoms with van der Waals surface area (Å²) in [4.78, 5) is 4.21. The van der Waals surface area contributed by atoms with E-state index in [1.54, 1.807) is 11.7 Å². The van der Waals surface area contributed by atoms with E-state index in [4.69, 9.17) is 0 Å². The molecular formula is C14H26N4O2S. The van der Waals surface area contributed by atoms with Gasteiger partial charge in [-0.1, -0.05) is 26.7 Å². The van der Waals surface area contributed by atoms with Crippen LogP contribution in [0, 0.1) is 11.8 Å². The first-order valence-corrected chi connectivity index (χ1v) is 9.36. The highest BCUT2D eigenvalue weighted by molar-refractivity contribution is 7.89. The van der Waals surface area contributed by atoms with Crippen molar-refractivity contribution in [3.63, 3.8) is 0 Å². The molecule has 1 N–H and O–H groups in total. The van der Waals surface area contributed by atoms with Crippen molar-refractivity contribution in [1.29, 1.82) is 0 Å². The summed E-state index contributed by atoms with van der Waals surface area (Å²) in [5.41, 5.74) is 0. The molecule has 1 fully saturated rings. The second-order valence-electron chi connectivity index (χ2n) is 6.47. The molecule has 0 aromatic carbocycles. The van der Waals surface area contributed by atoms with Crippen molar-refractivity contribution in [3.8, 4) is 0 Å². The summed E-state index contributed by atoms with van der Waals surface area (Å²) in [6.07, 6.45) is 6.54. The van der Waals surface area contributed by atoms with E-state index in [1.165, 1.54) is 6.33 Å². The van der Waals surface area contributed by atoms with Gasteiger partial charge < -0.3 is 0 Å². The van der Waals surface area contributed by atoms with Crippen LogP contribution in [0.15, 0.2) is 6.33 Å². The van der Waals surface area contributed by atoms with Crippen LogP contribution in [-0.4, -0.2) is 28.9 Å². The van der Waals surface area contributed by atoms with E-state index < -0.39 is 10.0 Å². The fourth-order valence-corrected chi connectivity index (χ4v) is 4.74. The number of aromatic nitrogens is 3. The molecule has 7 heteroatoms. The van der Waals surface area contributed by atoms with Gasteiger partial charge in [-0.2, -0.15) is 5.10 Å². The Balaban J connectivity index is 2.08. The highest BCUT2D eigenvalue weighted by atomic mass is 32.2. The fraction of sp³-hybridized carbons (Fsp3) is 0.857. The molecule has 0 spiro atoms. The zero-order valence-corrected chi connectivity index (χ0v) is 13.9. The Morgan fingerprint density at radius 2 is 2.05 bits per heavy atom. The topological polar surface area (TPSA) is 76.9 Å². The van der Waals surface area contributed by atoms with Crippen LogP contribution >= 0.6 is 0 Å². The molecule has 0 saturated heterocycles. The number of rotatable bonds is 7. The van der Waals surface area contributed by atoms with Crippen LogP contribution in [-0.2, 0) is 17.1 Å². The first-order valence-electron chi connectivity index (χ1n) is 7.71. The lowest BCUT2D eigenvalue weighted by Crippen LogP contribution is -2.34. The molecule has 6 nitrogen and oxygen atoms in total. The van der Waals surface area contributed by atoms with Crippen molar-refractivity contribution in [2.24, 2.45) is 18.9 Å². The SMILES string of the molecule is CC(C)CC(NS(=O)(=O)CC1CCCC1)c1ncnn1C. The molecule has 1 atom stereocenters. The molecule has 0 bridgehead atoms. The molecule has 0 aliphatic heterocycles. The molecule has 2 rings (SSSR count). The maximum absolute atomic E-state index is 12.4. The van der Waals surface area contributed by atoms with Crippen LogP contribution in [0.1, 0.15) is 57.8 Å². The van der Waals surface area contributed by atoms with Crippen LogP contribution in [0.5, 0.6) is 0 Å². The van der Waals surface area contributed by atoms with E-state index in [2.05, 4.69) is 28.7 Å². The largest absolute Gasteiger partial charge is 0.252 e. The van der Waals surface area contributed by atoms with Crippen molar-refractivity contribution in [2.45, 2.75) is 52.0 Å². The van der Waals surface area contributed by atoms with Gasteiger partial charge in [0.2, 0.25) is 10.0 Å². The Bertz CT molecular complexity index is 547. The van der Waals surface area contributed by atoms with E-state index in [1.807, 2.05) is 0 Å². The minimum Gasteiger partial charge on any atom is -0.252 e. The van der Waals surface area contributed by atoms with Gasteiger partial charge in [-0.15, -0.1) is 0 Å². The van der Waals surface area contributed by atoms with E-state index in [0.29, 0.717) is 17.7 Å². The Hall–Kier alpha value is -0.950. The van der Waals surface area contributed by atoms with Crippen molar-refractivity contribution in [3.05, 3.63) is 12.2 Å². The second kappa shape index (κ2) is 6.87. The van der Waals surface area contributed by atoms with Gasteiger partial charge in [0.05, 0.1) is 11.8 Å². The Morgan fingerprint density at radius 1 is 1.38 bits per heavy atom. The van der Waals surface area contributed by atoms with E-state index in [0.717, 1.165) is 32.1 Å². The molecular weight excluding hydrogens is 288 g/mol. The average Bonchev–Trinajstić information content (AvgIpc) is 2.98. The maximum Gasteiger partial charge on any atom is 0.212 e. The van der Waals surface area contributed by atoms with Gasteiger partial charge in [0.15, 0.2) is 0 Å². The van der Waals surface area contributed by atoms with Crippen molar-refractivity contribution < 1.29 is 8.42 Å². The Morgan fingerprint density at radius 3 is 2.57 bits per heavy atom. The second-order valence-corrected chi connectivity index (χ2v) is 8.27. The molecule has 0 amide bonds. The lowest BCUT2D eigenvalue weighted by atomic mass is 10.0. The quantitative estimate of drug-likeness (QED) is 0.835. The molecule has 21 heavy (non-hydrogen) atoms. The van der Waals surface area contributed by atoms with Crippen LogP contribution < -0.4 is 4.72 Å². The smallest absolute Gasteiger partial charge is 0.212 e. The van der Waals surface area contributed by atoms with Gasteiger partial charge in [-0.3, -0.25) is 4.68 Å². The first kappa shape index (κ1) is 16.4. The average molecular weight is 314 g/mol. The molecule has 1 unspecified atom stereocenters. The zero-order valence-electron chi connectivity index (χ0n) is 13.1. The predicted octanol–water partition coefficient (Wildman–Crippen LogP) is 2.01. The van der Waals surface area contributed by atoms with Crippen LogP contribution in [0.3, 0.4) is 0 Å². The predicted molar refractivity (Wildman–Crippen MR) is 82.1 cm³/mol. The van der Waals surface area contributed by atoms with Crippen molar-refractivity contribution >= 4 is 10.0 Å². The van der Waals surface area contributed by atoms with Gasteiger partial charge in [0.1, 0.15) is 12.2 Å². The number of hydrogen-bond donors (Lipinski definition) is 1. The van der Waals surface area contributed by atoms with E-state index in [-0.39, 0.29) is 11.8 Å². The summed E-state index contributed by atoms with van der Waals surface area (Å²) < 4.78 is 29.3. The van der Waals surface area contributed by atoms with E-state index in [9.17, 15) is 8.42 Å². The lowest BCUT2D eigenvalue weighted by molar-refractivity contribution is 0.440. The lowest BCUT2D eigenvalue weighted by Gasteiger charge is -2.21. The number of hydrogen-bond acceptors (Lipinski definition) is 4. The maximum atomic E-state index is 12.4. The molecule has 1 aliphatic carbocycles. The highest BCUT2D eigenvalue weighted by Crippen LogP contribution is 2.27. The number of sulfonamides is 1. The third-order valence-corrected chi connectivity index (χ3v) is 5.57. The third kappa shape index (κ3) is 4.78. The molecule has 1 aromatic heterocycles. The van der Waals surface area contributed by atoms with Crippen LogP contribution in [0.4, 0.5) is 0 Å². The molecule has 0 radical (unpaired) electrons. The van der Waals surface area contributed by atoms with Gasteiger partial charge in [-0.25, -0.2) is 18.1 Å². The summed E-state index contributed by atoms with van der Waals surface area (Å²) >= 11 is 0.